The fourth-order valence-corrected chi connectivity index (χ4v) is 1.14. The van der Waals surface area contributed by atoms with Gasteiger partial charge in [0.25, 0.3) is 0 Å². The topological polar surface area (TPSA) is 43.1 Å². The number of Topliss-reactive ketones (excluding diaryl/α,β-unsaturated/α-hetero) is 1. The normalized spacial score (nSPS) is 12.5. The second-order valence-corrected chi connectivity index (χ2v) is 3.33. The Labute approximate surface area is 78.8 Å². The lowest BCUT2D eigenvalue weighted by Gasteiger charge is -2.06. The number of nitrogens with two attached hydrogens (primary N) is 1. The molecule has 2 N–H and O–H groups in total. The largest absolute Gasteiger partial charge is 0.330 e. The lowest BCUT2D eigenvalue weighted by molar-refractivity contribution is 0.0966. The fraction of sp³-hybridized carbons (Fsp3) is 0.364. The van der Waals surface area contributed by atoms with E-state index in [1.807, 2.05) is 37.3 Å². The van der Waals surface area contributed by atoms with Gasteiger partial charge in [-0.05, 0) is 12.5 Å². The number of hydrogen-bond donors (Lipinski definition) is 1. The molecule has 0 aromatic heterocycles. The Kier molecular flexibility index (Phi) is 3.65. The van der Waals surface area contributed by atoms with Crippen molar-refractivity contribution < 1.29 is 4.79 Å². The first-order chi connectivity index (χ1) is 6.24. The third kappa shape index (κ3) is 2.99. The van der Waals surface area contributed by atoms with Crippen molar-refractivity contribution in [2.75, 3.05) is 6.54 Å². The third-order valence-electron chi connectivity index (χ3n) is 2.03. The molecule has 0 radical (unpaired) electrons. The van der Waals surface area contributed by atoms with Crippen LogP contribution in [0.2, 0.25) is 0 Å². The molecule has 1 rings (SSSR count). The van der Waals surface area contributed by atoms with Gasteiger partial charge in [-0.2, -0.15) is 0 Å². The van der Waals surface area contributed by atoms with Gasteiger partial charge in [-0.25, -0.2) is 0 Å². The Morgan fingerprint density at radius 2 is 2.00 bits per heavy atom. The van der Waals surface area contributed by atoms with Gasteiger partial charge in [0, 0.05) is 12.0 Å². The molecule has 2 heteroatoms. The summed E-state index contributed by atoms with van der Waals surface area (Å²) in [4.78, 5) is 11.6. The highest BCUT2D eigenvalue weighted by molar-refractivity contribution is 5.96. The SMILES string of the molecule is CC(CN)CC(=O)c1ccccc1. The number of carbonyl (C=O) groups is 1. The van der Waals surface area contributed by atoms with Crippen LogP contribution in [0.25, 0.3) is 0 Å². The Hall–Kier alpha value is -1.15. The average Bonchev–Trinajstić information content (AvgIpc) is 2.19. The lowest BCUT2D eigenvalue weighted by atomic mass is 10.0. The molecule has 1 aromatic carbocycles. The molecule has 70 valence electrons. The summed E-state index contributed by atoms with van der Waals surface area (Å²) in [6.07, 6.45) is 0.542. The summed E-state index contributed by atoms with van der Waals surface area (Å²) in [5.41, 5.74) is 6.23. The molecule has 13 heavy (non-hydrogen) atoms. The fourth-order valence-electron chi connectivity index (χ4n) is 1.14. The van der Waals surface area contributed by atoms with Crippen LogP contribution in [0.3, 0.4) is 0 Å². The van der Waals surface area contributed by atoms with Crippen molar-refractivity contribution in [1.82, 2.24) is 0 Å². The summed E-state index contributed by atoms with van der Waals surface area (Å²) in [6.45, 7) is 2.55. The molecule has 1 atom stereocenters. The second kappa shape index (κ2) is 4.77. The number of benzene rings is 1. The highest BCUT2D eigenvalue weighted by Gasteiger charge is 2.08. The van der Waals surface area contributed by atoms with E-state index in [2.05, 4.69) is 0 Å². The van der Waals surface area contributed by atoms with Gasteiger partial charge >= 0.3 is 0 Å². The van der Waals surface area contributed by atoms with E-state index in [9.17, 15) is 4.79 Å². The molecule has 0 aliphatic carbocycles. The van der Waals surface area contributed by atoms with Crippen LogP contribution >= 0.6 is 0 Å². The maximum Gasteiger partial charge on any atom is 0.163 e. The first kappa shape index (κ1) is 9.93. The molecule has 0 fully saturated rings. The molecule has 0 amide bonds. The number of hydrogen-bond acceptors (Lipinski definition) is 2. The zero-order valence-electron chi connectivity index (χ0n) is 7.86. The van der Waals surface area contributed by atoms with E-state index in [-0.39, 0.29) is 11.7 Å². The molecule has 0 saturated carbocycles. The molecule has 1 unspecified atom stereocenters. The molecule has 0 saturated heterocycles. The molecule has 0 spiro atoms. The van der Waals surface area contributed by atoms with E-state index in [1.54, 1.807) is 0 Å². The molecular formula is C11H15NO. The third-order valence-corrected chi connectivity index (χ3v) is 2.03. The average molecular weight is 177 g/mol. The molecule has 2 nitrogen and oxygen atoms in total. The summed E-state index contributed by atoms with van der Waals surface area (Å²) in [5.74, 6) is 0.450. The second-order valence-electron chi connectivity index (χ2n) is 3.33. The van der Waals surface area contributed by atoms with Gasteiger partial charge in [-0.15, -0.1) is 0 Å². The molecule has 1 aromatic rings. The maximum atomic E-state index is 11.6. The van der Waals surface area contributed by atoms with Crippen molar-refractivity contribution in [2.24, 2.45) is 11.7 Å². The summed E-state index contributed by atoms with van der Waals surface area (Å²) >= 11 is 0. The minimum Gasteiger partial charge on any atom is -0.330 e. The standard InChI is InChI=1S/C11H15NO/c1-9(8-12)7-11(13)10-5-3-2-4-6-10/h2-6,9H,7-8,12H2,1H3. The van der Waals surface area contributed by atoms with Crippen LogP contribution in [0.5, 0.6) is 0 Å². The quantitative estimate of drug-likeness (QED) is 0.713. The predicted molar refractivity (Wildman–Crippen MR) is 53.6 cm³/mol. The van der Waals surface area contributed by atoms with Crippen LogP contribution in [-0.2, 0) is 0 Å². The smallest absolute Gasteiger partial charge is 0.163 e. The Bertz CT molecular complexity index is 269. The van der Waals surface area contributed by atoms with Crippen molar-refractivity contribution in [3.63, 3.8) is 0 Å². The molecule has 0 aliphatic heterocycles. The monoisotopic (exact) mass is 177 g/mol. The van der Waals surface area contributed by atoms with Gasteiger partial charge in [-0.1, -0.05) is 37.3 Å². The van der Waals surface area contributed by atoms with Crippen molar-refractivity contribution in [1.29, 1.82) is 0 Å². The van der Waals surface area contributed by atoms with Gasteiger partial charge in [0.05, 0.1) is 0 Å². The summed E-state index contributed by atoms with van der Waals surface area (Å²) < 4.78 is 0. The first-order valence-electron chi connectivity index (χ1n) is 4.52. The lowest BCUT2D eigenvalue weighted by Crippen LogP contribution is -2.15. The predicted octanol–water partition coefficient (Wildman–Crippen LogP) is 1.85. The summed E-state index contributed by atoms with van der Waals surface area (Å²) in [7, 11) is 0. The zero-order chi connectivity index (χ0) is 9.68. The molecule has 0 heterocycles. The number of ketones is 1. The van der Waals surface area contributed by atoms with Gasteiger partial charge in [-0.3, -0.25) is 4.79 Å². The van der Waals surface area contributed by atoms with E-state index in [0.29, 0.717) is 13.0 Å². The number of carbonyl (C=O) groups excluding carboxylic acids is 1. The molecule has 0 bridgehead atoms. The first-order valence-corrected chi connectivity index (χ1v) is 4.52. The highest BCUT2D eigenvalue weighted by atomic mass is 16.1. The maximum absolute atomic E-state index is 11.6. The zero-order valence-corrected chi connectivity index (χ0v) is 7.86. The number of rotatable bonds is 4. The molecule has 0 aliphatic rings. The Morgan fingerprint density at radius 1 is 1.38 bits per heavy atom. The van der Waals surface area contributed by atoms with Crippen LogP contribution in [0.1, 0.15) is 23.7 Å². The summed E-state index contributed by atoms with van der Waals surface area (Å²) in [6, 6.07) is 9.33. The molecular weight excluding hydrogens is 162 g/mol. The van der Waals surface area contributed by atoms with E-state index in [0.717, 1.165) is 5.56 Å². The van der Waals surface area contributed by atoms with Gasteiger partial charge in [0.15, 0.2) is 5.78 Å². The van der Waals surface area contributed by atoms with Crippen molar-refractivity contribution in [3.8, 4) is 0 Å². The van der Waals surface area contributed by atoms with E-state index >= 15 is 0 Å². The van der Waals surface area contributed by atoms with Crippen molar-refractivity contribution in [2.45, 2.75) is 13.3 Å². The van der Waals surface area contributed by atoms with Crippen molar-refractivity contribution >= 4 is 5.78 Å². The minimum atomic E-state index is 0.179. The minimum absolute atomic E-state index is 0.179. The van der Waals surface area contributed by atoms with Crippen LogP contribution in [0.15, 0.2) is 30.3 Å². The van der Waals surface area contributed by atoms with Gasteiger partial charge in [0.1, 0.15) is 0 Å². The van der Waals surface area contributed by atoms with E-state index < -0.39 is 0 Å². The van der Waals surface area contributed by atoms with Crippen LogP contribution < -0.4 is 5.73 Å². The van der Waals surface area contributed by atoms with Crippen LogP contribution in [0, 0.1) is 5.92 Å². The van der Waals surface area contributed by atoms with E-state index in [4.69, 9.17) is 5.73 Å². The van der Waals surface area contributed by atoms with Gasteiger partial charge in [0.2, 0.25) is 0 Å². The Morgan fingerprint density at radius 3 is 2.54 bits per heavy atom. The van der Waals surface area contributed by atoms with Crippen molar-refractivity contribution in [3.05, 3.63) is 35.9 Å². The summed E-state index contributed by atoms with van der Waals surface area (Å²) in [5, 5.41) is 0. The van der Waals surface area contributed by atoms with E-state index in [1.165, 1.54) is 0 Å². The van der Waals surface area contributed by atoms with Crippen LogP contribution in [0.4, 0.5) is 0 Å². The Balaban J connectivity index is 2.59. The van der Waals surface area contributed by atoms with Gasteiger partial charge < -0.3 is 5.73 Å². The highest BCUT2D eigenvalue weighted by Crippen LogP contribution is 2.08. The van der Waals surface area contributed by atoms with Crippen LogP contribution in [-0.4, -0.2) is 12.3 Å².